The van der Waals surface area contributed by atoms with Gasteiger partial charge in [0.1, 0.15) is 0 Å². The highest BCUT2D eigenvalue weighted by Gasteiger charge is 2.02. The highest BCUT2D eigenvalue weighted by molar-refractivity contribution is 14.0. The summed E-state index contributed by atoms with van der Waals surface area (Å²) in [6.45, 7) is 10.2. The van der Waals surface area contributed by atoms with Crippen LogP contribution in [-0.2, 0) is 19.5 Å². The first kappa shape index (κ1) is 22.4. The number of aryl methyl sites for hydroxylation is 1. The number of benzene rings is 2. The summed E-state index contributed by atoms with van der Waals surface area (Å²) < 4.78 is 0. The quantitative estimate of drug-likeness (QED) is 0.339. The number of hydrogen-bond donors (Lipinski definition) is 2. The van der Waals surface area contributed by atoms with Crippen LogP contribution in [0.5, 0.6) is 0 Å². The van der Waals surface area contributed by atoms with Crippen LogP contribution in [-0.4, -0.2) is 23.9 Å². The lowest BCUT2D eigenvalue weighted by Crippen LogP contribution is -2.23. The Labute approximate surface area is 174 Å². The minimum Gasteiger partial charge on any atom is -0.370 e. The number of halogens is 1. The van der Waals surface area contributed by atoms with E-state index < -0.39 is 0 Å². The smallest absolute Gasteiger partial charge is 0.193 e. The van der Waals surface area contributed by atoms with Gasteiger partial charge in [-0.1, -0.05) is 57.2 Å². The molecule has 0 aromatic heterocycles. The van der Waals surface area contributed by atoms with E-state index in [4.69, 9.17) is 5.73 Å². The number of anilines is 1. The first-order valence-electron chi connectivity index (χ1n) is 9.10. The molecular formula is C21H31IN4. The topological polar surface area (TPSA) is 53.6 Å². The van der Waals surface area contributed by atoms with Crippen LogP contribution in [0.2, 0.25) is 0 Å². The zero-order valence-corrected chi connectivity index (χ0v) is 18.4. The van der Waals surface area contributed by atoms with Gasteiger partial charge in [0.15, 0.2) is 5.96 Å². The van der Waals surface area contributed by atoms with Crippen molar-refractivity contribution in [2.24, 2.45) is 10.7 Å². The Bertz CT molecular complexity index is 696. The van der Waals surface area contributed by atoms with Crippen LogP contribution in [0.3, 0.4) is 0 Å². The maximum absolute atomic E-state index is 6.04. The molecule has 3 N–H and O–H groups in total. The van der Waals surface area contributed by atoms with Gasteiger partial charge in [-0.2, -0.15) is 0 Å². The Hall–Kier alpha value is -1.60. The summed E-state index contributed by atoms with van der Waals surface area (Å²) in [6.07, 6.45) is 1.01. The van der Waals surface area contributed by atoms with Crippen molar-refractivity contribution < 1.29 is 0 Å². The summed E-state index contributed by atoms with van der Waals surface area (Å²) in [5.41, 5.74) is 10.8. The fourth-order valence-electron chi connectivity index (χ4n) is 2.76. The van der Waals surface area contributed by atoms with Crippen molar-refractivity contribution in [3.8, 4) is 0 Å². The molecule has 2 rings (SSSR count). The van der Waals surface area contributed by atoms with Gasteiger partial charge in [0.25, 0.3) is 0 Å². The molecule has 4 nitrogen and oxygen atoms in total. The molecule has 142 valence electrons. The van der Waals surface area contributed by atoms with E-state index in [2.05, 4.69) is 72.4 Å². The highest BCUT2D eigenvalue weighted by Crippen LogP contribution is 2.12. The Morgan fingerprint density at radius 3 is 2.31 bits per heavy atom. The number of nitrogens with one attached hydrogen (secondary N) is 1. The number of guanidine groups is 1. The van der Waals surface area contributed by atoms with E-state index >= 15 is 0 Å². The second-order valence-electron chi connectivity index (χ2n) is 6.16. The molecule has 0 spiro atoms. The molecule has 0 aliphatic carbocycles. The van der Waals surface area contributed by atoms with Crippen molar-refractivity contribution in [3.63, 3.8) is 0 Å². The monoisotopic (exact) mass is 466 g/mol. The molecule has 0 fully saturated rings. The van der Waals surface area contributed by atoms with E-state index in [0.717, 1.165) is 31.7 Å². The zero-order chi connectivity index (χ0) is 18.1. The van der Waals surface area contributed by atoms with Crippen LogP contribution in [0.4, 0.5) is 5.69 Å². The minimum absolute atomic E-state index is 0. The maximum atomic E-state index is 6.04. The predicted molar refractivity (Wildman–Crippen MR) is 123 cm³/mol. The van der Waals surface area contributed by atoms with E-state index in [1.807, 2.05) is 12.1 Å². The van der Waals surface area contributed by atoms with Gasteiger partial charge in [0.05, 0.1) is 6.54 Å². The van der Waals surface area contributed by atoms with Crippen molar-refractivity contribution in [1.82, 2.24) is 4.90 Å². The molecule has 0 aliphatic heterocycles. The average molecular weight is 466 g/mol. The maximum Gasteiger partial charge on any atom is 0.193 e. The standard InChI is InChI=1S/C21H30N4.HI/c1-4-17-9-8-12-20(14-17)24-21(22)23-15-18-10-7-11-19(13-18)16-25(5-2)6-3;/h7-14H,4-6,15-16H2,1-3H3,(H3,22,23,24);1H. The van der Waals surface area contributed by atoms with E-state index in [1.165, 1.54) is 16.7 Å². The predicted octanol–water partition coefficient (Wildman–Crippen LogP) is 4.64. The van der Waals surface area contributed by atoms with Gasteiger partial charge in [0.2, 0.25) is 0 Å². The lowest BCUT2D eigenvalue weighted by molar-refractivity contribution is 0.296. The lowest BCUT2D eigenvalue weighted by atomic mass is 10.1. The second-order valence-corrected chi connectivity index (χ2v) is 6.16. The molecule has 0 heterocycles. The molecule has 0 saturated carbocycles. The second kappa shape index (κ2) is 11.9. The molecule has 0 unspecified atom stereocenters. The normalized spacial score (nSPS) is 11.3. The molecule has 0 bridgehead atoms. The summed E-state index contributed by atoms with van der Waals surface area (Å²) in [5.74, 6) is 0.447. The van der Waals surface area contributed by atoms with Crippen LogP contribution < -0.4 is 11.1 Å². The van der Waals surface area contributed by atoms with Crippen LogP contribution in [0.1, 0.15) is 37.5 Å². The van der Waals surface area contributed by atoms with Gasteiger partial charge < -0.3 is 11.1 Å². The van der Waals surface area contributed by atoms with E-state index in [9.17, 15) is 0 Å². The first-order valence-corrected chi connectivity index (χ1v) is 9.10. The molecule has 5 heteroatoms. The third kappa shape index (κ3) is 7.33. The van der Waals surface area contributed by atoms with Crippen LogP contribution in [0.15, 0.2) is 53.5 Å². The Kier molecular flexibility index (Phi) is 10.3. The van der Waals surface area contributed by atoms with E-state index in [0.29, 0.717) is 12.5 Å². The number of hydrogen-bond acceptors (Lipinski definition) is 2. The number of nitrogens with two attached hydrogens (primary N) is 1. The van der Waals surface area contributed by atoms with Gasteiger partial charge in [-0.3, -0.25) is 4.90 Å². The third-order valence-corrected chi connectivity index (χ3v) is 4.33. The molecule has 0 radical (unpaired) electrons. The zero-order valence-electron chi connectivity index (χ0n) is 16.0. The number of rotatable bonds is 8. The summed E-state index contributed by atoms with van der Waals surface area (Å²) in [5, 5.41) is 3.17. The number of nitrogens with zero attached hydrogens (tertiary/aromatic N) is 2. The van der Waals surface area contributed by atoms with Crippen molar-refractivity contribution in [2.75, 3.05) is 18.4 Å². The highest BCUT2D eigenvalue weighted by atomic mass is 127. The molecule has 0 saturated heterocycles. The molecule has 2 aromatic carbocycles. The van der Waals surface area contributed by atoms with E-state index in [1.54, 1.807) is 0 Å². The third-order valence-electron chi connectivity index (χ3n) is 4.33. The molecule has 0 atom stereocenters. The Morgan fingerprint density at radius 1 is 0.962 bits per heavy atom. The van der Waals surface area contributed by atoms with Gasteiger partial charge >= 0.3 is 0 Å². The average Bonchev–Trinajstić information content (AvgIpc) is 2.65. The molecule has 26 heavy (non-hydrogen) atoms. The number of aliphatic imine (C=N–C) groups is 1. The molecule has 0 amide bonds. The fraction of sp³-hybridized carbons (Fsp3) is 0.381. The largest absolute Gasteiger partial charge is 0.370 e. The molecule has 0 aliphatic rings. The summed E-state index contributed by atoms with van der Waals surface area (Å²) >= 11 is 0. The SMILES string of the molecule is CCc1cccc(NC(N)=NCc2cccc(CN(CC)CC)c2)c1.I. The van der Waals surface area contributed by atoms with Crippen molar-refractivity contribution >= 4 is 35.6 Å². The van der Waals surface area contributed by atoms with Crippen LogP contribution >= 0.6 is 24.0 Å². The minimum atomic E-state index is 0. The Morgan fingerprint density at radius 2 is 1.62 bits per heavy atom. The van der Waals surface area contributed by atoms with E-state index in [-0.39, 0.29) is 24.0 Å². The summed E-state index contributed by atoms with van der Waals surface area (Å²) in [6, 6.07) is 16.8. The first-order chi connectivity index (χ1) is 12.1. The molecule has 2 aromatic rings. The van der Waals surface area contributed by atoms with Gasteiger partial charge in [0, 0.05) is 12.2 Å². The van der Waals surface area contributed by atoms with Gasteiger partial charge in [-0.25, -0.2) is 4.99 Å². The summed E-state index contributed by atoms with van der Waals surface area (Å²) in [4.78, 5) is 6.88. The lowest BCUT2D eigenvalue weighted by Gasteiger charge is -2.18. The summed E-state index contributed by atoms with van der Waals surface area (Å²) in [7, 11) is 0. The van der Waals surface area contributed by atoms with Crippen molar-refractivity contribution in [1.29, 1.82) is 0 Å². The van der Waals surface area contributed by atoms with Gasteiger partial charge in [-0.05, 0) is 48.3 Å². The van der Waals surface area contributed by atoms with Gasteiger partial charge in [-0.15, -0.1) is 24.0 Å². The fourth-order valence-corrected chi connectivity index (χ4v) is 2.76. The van der Waals surface area contributed by atoms with Crippen molar-refractivity contribution in [2.45, 2.75) is 40.3 Å². The molecular weight excluding hydrogens is 435 g/mol. The van der Waals surface area contributed by atoms with Crippen LogP contribution in [0, 0.1) is 0 Å². The van der Waals surface area contributed by atoms with Crippen LogP contribution in [0.25, 0.3) is 0 Å². The Balaban J connectivity index is 0.00000338. The van der Waals surface area contributed by atoms with Crippen molar-refractivity contribution in [3.05, 3.63) is 65.2 Å².